The molecule has 0 saturated carbocycles. The molecule has 260 valence electrons. The van der Waals surface area contributed by atoms with Crippen LogP contribution in [0.1, 0.15) is 22.9 Å². The topological polar surface area (TPSA) is 49.6 Å². The van der Waals surface area contributed by atoms with Crippen LogP contribution in [0, 0.1) is 0 Å². The van der Waals surface area contributed by atoms with Gasteiger partial charge in [0.2, 0.25) is 0 Å². The van der Waals surface area contributed by atoms with Gasteiger partial charge in [-0.3, -0.25) is 0 Å². The van der Waals surface area contributed by atoms with Crippen molar-refractivity contribution in [1.82, 2.24) is 10.3 Å². The van der Waals surface area contributed by atoms with Crippen LogP contribution >= 0.6 is 11.3 Å². The average Bonchev–Trinajstić information content (AvgIpc) is 3.71. The Bertz CT molecular complexity index is 2860. The summed E-state index contributed by atoms with van der Waals surface area (Å²) < 4.78 is 1.21. The van der Waals surface area contributed by atoms with E-state index in [4.69, 9.17) is 15.0 Å². The van der Waals surface area contributed by atoms with Gasteiger partial charge in [0.1, 0.15) is 17.0 Å². The first-order chi connectivity index (χ1) is 27.2. The minimum Gasteiger partial charge on any atom is -0.344 e. The van der Waals surface area contributed by atoms with Crippen LogP contribution in [0.3, 0.4) is 0 Å². The second-order valence-electron chi connectivity index (χ2n) is 13.6. The first-order valence-electron chi connectivity index (χ1n) is 18.5. The van der Waals surface area contributed by atoms with Crippen LogP contribution in [0.15, 0.2) is 204 Å². The molecule has 9 aromatic rings. The van der Waals surface area contributed by atoms with Gasteiger partial charge in [-0.2, -0.15) is 0 Å². The van der Waals surface area contributed by atoms with Gasteiger partial charge in [0.05, 0.1) is 10.2 Å². The molecule has 1 aliphatic rings. The van der Waals surface area contributed by atoms with Crippen LogP contribution in [0.2, 0.25) is 0 Å². The minimum atomic E-state index is -0.338. The molecule has 0 spiro atoms. The average molecular weight is 723 g/mol. The van der Waals surface area contributed by atoms with Crippen molar-refractivity contribution in [2.45, 2.75) is 6.17 Å². The van der Waals surface area contributed by atoms with Gasteiger partial charge in [0, 0.05) is 22.3 Å². The molecule has 5 heteroatoms. The molecule has 1 N–H and O–H groups in total. The smallest absolute Gasteiger partial charge is 0.159 e. The Morgan fingerprint density at radius 1 is 0.436 bits per heavy atom. The fourth-order valence-corrected chi connectivity index (χ4v) is 8.48. The Hall–Kier alpha value is -6.95. The summed E-state index contributed by atoms with van der Waals surface area (Å²) in [5, 5.41) is 7.12. The Morgan fingerprint density at radius 3 is 1.84 bits per heavy atom. The monoisotopic (exact) mass is 722 g/mol. The maximum atomic E-state index is 5.22. The van der Waals surface area contributed by atoms with E-state index < -0.39 is 0 Å². The number of amidine groups is 2. The standard InChI is InChI=1S/C50H34N4S/c1-3-14-34(15-4-1)47-52-48(35-16-5-2-6-17-35)54-49(53-47)44-21-8-7-20-43(44)42-25-13-23-40-39(22-12-24-41(40)42)38-19-11-18-37(32-38)33-28-30-36(31-29-33)50-51-45-26-9-10-27-46(45)55-50/h1-32,49H,(H,52,53,54). The molecule has 0 aliphatic carbocycles. The third-order valence-electron chi connectivity index (χ3n) is 10.2. The summed E-state index contributed by atoms with van der Waals surface area (Å²) in [7, 11) is 0. The molecule has 1 unspecified atom stereocenters. The van der Waals surface area contributed by atoms with E-state index in [0.717, 1.165) is 44.2 Å². The lowest BCUT2D eigenvalue weighted by Gasteiger charge is -2.25. The fourth-order valence-electron chi connectivity index (χ4n) is 7.51. The molecule has 0 fully saturated rings. The van der Waals surface area contributed by atoms with E-state index in [1.807, 2.05) is 42.5 Å². The Morgan fingerprint density at radius 2 is 1.04 bits per heavy atom. The fraction of sp³-hybridized carbons (Fsp3) is 0.0200. The Labute approximate surface area is 323 Å². The van der Waals surface area contributed by atoms with E-state index in [1.54, 1.807) is 11.3 Å². The van der Waals surface area contributed by atoms with Crippen molar-refractivity contribution < 1.29 is 0 Å². The first-order valence-corrected chi connectivity index (χ1v) is 19.3. The van der Waals surface area contributed by atoms with Crippen molar-refractivity contribution in [3.8, 4) is 44.0 Å². The highest BCUT2D eigenvalue weighted by Crippen LogP contribution is 2.39. The van der Waals surface area contributed by atoms with Gasteiger partial charge in [0.25, 0.3) is 0 Å². The maximum absolute atomic E-state index is 5.22. The number of nitrogens with zero attached hydrogens (tertiary/aromatic N) is 3. The summed E-state index contributed by atoms with van der Waals surface area (Å²) in [4.78, 5) is 15.1. The van der Waals surface area contributed by atoms with Crippen molar-refractivity contribution in [2.75, 3.05) is 0 Å². The lowest BCUT2D eigenvalue weighted by atomic mass is 9.89. The Balaban J connectivity index is 1.01. The Kier molecular flexibility index (Phi) is 8.39. The highest BCUT2D eigenvalue weighted by molar-refractivity contribution is 7.21. The summed E-state index contributed by atoms with van der Waals surface area (Å²) in [6, 6.07) is 68.4. The number of nitrogens with one attached hydrogen (secondary N) is 1. The summed E-state index contributed by atoms with van der Waals surface area (Å²) in [5.41, 5.74) is 12.3. The summed E-state index contributed by atoms with van der Waals surface area (Å²) in [6.07, 6.45) is -0.338. The molecule has 0 bridgehead atoms. The van der Waals surface area contributed by atoms with Crippen LogP contribution in [-0.4, -0.2) is 16.7 Å². The van der Waals surface area contributed by atoms with Crippen molar-refractivity contribution >= 4 is 44.0 Å². The number of thiazole rings is 1. The maximum Gasteiger partial charge on any atom is 0.159 e. The molecule has 2 heterocycles. The summed E-state index contributed by atoms with van der Waals surface area (Å²) in [6.45, 7) is 0. The lowest BCUT2D eigenvalue weighted by Crippen LogP contribution is -2.33. The van der Waals surface area contributed by atoms with Crippen molar-refractivity contribution in [2.24, 2.45) is 9.98 Å². The predicted octanol–water partition coefficient (Wildman–Crippen LogP) is 12.6. The number of fused-ring (bicyclic) bond motifs is 2. The van der Waals surface area contributed by atoms with Gasteiger partial charge >= 0.3 is 0 Å². The zero-order valence-electron chi connectivity index (χ0n) is 29.8. The number of aromatic nitrogens is 1. The van der Waals surface area contributed by atoms with E-state index in [0.29, 0.717) is 5.84 Å². The third-order valence-corrected chi connectivity index (χ3v) is 11.3. The quantitative estimate of drug-likeness (QED) is 0.178. The number of para-hydroxylation sites is 1. The van der Waals surface area contributed by atoms with Gasteiger partial charge in [-0.1, -0.05) is 176 Å². The highest BCUT2D eigenvalue weighted by atomic mass is 32.1. The van der Waals surface area contributed by atoms with Crippen LogP contribution in [0.4, 0.5) is 0 Å². The molecule has 55 heavy (non-hydrogen) atoms. The van der Waals surface area contributed by atoms with Crippen LogP contribution in [0.5, 0.6) is 0 Å². The van der Waals surface area contributed by atoms with Gasteiger partial charge in [-0.15, -0.1) is 11.3 Å². The van der Waals surface area contributed by atoms with Crippen LogP contribution in [-0.2, 0) is 0 Å². The zero-order valence-corrected chi connectivity index (χ0v) is 30.6. The molecule has 1 aliphatic heterocycles. The van der Waals surface area contributed by atoms with Crippen LogP contribution < -0.4 is 5.32 Å². The van der Waals surface area contributed by atoms with Crippen LogP contribution in [0.25, 0.3) is 64.9 Å². The van der Waals surface area contributed by atoms with Crippen molar-refractivity contribution in [1.29, 1.82) is 0 Å². The second kappa shape index (κ2) is 14.1. The predicted molar refractivity (Wildman–Crippen MR) is 231 cm³/mol. The molecular formula is C50H34N4S. The molecule has 10 rings (SSSR count). The largest absolute Gasteiger partial charge is 0.344 e. The van der Waals surface area contributed by atoms with Crippen molar-refractivity contribution in [3.63, 3.8) is 0 Å². The van der Waals surface area contributed by atoms with Crippen molar-refractivity contribution in [3.05, 3.63) is 211 Å². The summed E-state index contributed by atoms with van der Waals surface area (Å²) >= 11 is 1.73. The highest BCUT2D eigenvalue weighted by Gasteiger charge is 2.24. The van der Waals surface area contributed by atoms with Gasteiger partial charge < -0.3 is 5.32 Å². The van der Waals surface area contributed by atoms with Gasteiger partial charge in [0.15, 0.2) is 5.84 Å². The second-order valence-corrected chi connectivity index (χ2v) is 14.7. The third kappa shape index (κ3) is 6.31. The normalized spacial score (nSPS) is 14.0. The van der Waals surface area contributed by atoms with E-state index in [2.05, 4.69) is 157 Å². The lowest BCUT2D eigenvalue weighted by molar-refractivity contribution is 0.676. The number of aliphatic imine (C=N–C) groups is 2. The number of hydrogen-bond acceptors (Lipinski definition) is 5. The zero-order chi connectivity index (χ0) is 36.6. The SMILES string of the molecule is c1ccc(C2=NC(c3ccccc3-c3cccc4c(-c5cccc(-c6ccc(-c7nc8ccccc8s7)cc6)c5)cccc34)NC(c3ccccc3)=N2)cc1. The molecule has 1 aromatic heterocycles. The molecule has 4 nitrogen and oxygen atoms in total. The molecular weight excluding hydrogens is 689 g/mol. The van der Waals surface area contributed by atoms with E-state index in [-0.39, 0.29) is 6.17 Å². The van der Waals surface area contributed by atoms with E-state index >= 15 is 0 Å². The molecule has 0 saturated heterocycles. The number of rotatable bonds is 7. The number of hydrogen-bond donors (Lipinski definition) is 1. The molecule has 0 amide bonds. The minimum absolute atomic E-state index is 0.338. The molecule has 0 radical (unpaired) electrons. The number of benzene rings is 8. The summed E-state index contributed by atoms with van der Waals surface area (Å²) in [5.74, 6) is 1.52. The van der Waals surface area contributed by atoms with Gasteiger partial charge in [-0.05, 0) is 62.4 Å². The van der Waals surface area contributed by atoms with Gasteiger partial charge in [-0.25, -0.2) is 15.0 Å². The first kappa shape index (κ1) is 32.7. The molecule has 1 atom stereocenters. The molecule has 8 aromatic carbocycles. The van der Waals surface area contributed by atoms with E-state index in [9.17, 15) is 0 Å². The van der Waals surface area contributed by atoms with E-state index in [1.165, 1.54) is 43.3 Å².